The largest absolute Gasteiger partial charge is 0.465 e. The Bertz CT molecular complexity index is 1120. The summed E-state index contributed by atoms with van der Waals surface area (Å²) in [6, 6.07) is 17.0. The fourth-order valence-corrected chi connectivity index (χ4v) is 2.61. The van der Waals surface area contributed by atoms with E-state index in [1.165, 1.54) is 19.2 Å². The van der Waals surface area contributed by atoms with Gasteiger partial charge in [-0.3, -0.25) is 4.79 Å². The average Bonchev–Trinajstić information content (AvgIpc) is 2.73. The molecule has 0 bridgehead atoms. The van der Waals surface area contributed by atoms with Crippen LogP contribution in [-0.2, 0) is 4.74 Å². The molecule has 1 amide bonds. The summed E-state index contributed by atoms with van der Waals surface area (Å²) in [4.78, 5) is 32.7. The van der Waals surface area contributed by atoms with Crippen molar-refractivity contribution in [2.24, 2.45) is 0 Å². The number of nitriles is 1. The lowest BCUT2D eigenvalue weighted by molar-refractivity contribution is 0.0600. The molecule has 0 saturated carbocycles. The molecule has 3 rings (SSSR count). The molecule has 1 aromatic heterocycles. The van der Waals surface area contributed by atoms with Crippen LogP contribution in [0.1, 0.15) is 32.2 Å². The number of ether oxygens (including phenoxy) is 1. The van der Waals surface area contributed by atoms with Crippen molar-refractivity contribution in [3.05, 3.63) is 77.2 Å². The van der Waals surface area contributed by atoms with Crippen LogP contribution in [0.2, 0.25) is 0 Å². The summed E-state index contributed by atoms with van der Waals surface area (Å²) in [5, 5.41) is 15.0. The van der Waals surface area contributed by atoms with Crippen molar-refractivity contribution >= 4 is 29.1 Å². The van der Waals surface area contributed by atoms with Crippen LogP contribution >= 0.6 is 0 Å². The lowest BCUT2D eigenvalue weighted by Gasteiger charge is -2.10. The first-order valence-electron chi connectivity index (χ1n) is 8.61. The van der Waals surface area contributed by atoms with Crippen molar-refractivity contribution in [3.8, 4) is 6.07 Å². The molecular formula is C21H17N5O3. The highest BCUT2D eigenvalue weighted by Crippen LogP contribution is 2.20. The standard InChI is InChI=1S/C21H17N5O3/c1-13-23-18(11-19(24-13)26-17-9-4-3-6-15(17)12-22)20(27)25-16-8-5-7-14(10-16)21(28)29-2/h3-11H,1-2H3,(H,25,27)(H,23,24,26). The van der Waals surface area contributed by atoms with Crippen molar-refractivity contribution in [2.75, 3.05) is 17.7 Å². The maximum atomic E-state index is 12.6. The van der Waals surface area contributed by atoms with Crippen molar-refractivity contribution in [2.45, 2.75) is 6.92 Å². The second-order valence-electron chi connectivity index (χ2n) is 5.99. The van der Waals surface area contributed by atoms with Crippen molar-refractivity contribution in [3.63, 3.8) is 0 Å². The number of carbonyl (C=O) groups excluding carboxylic acids is 2. The number of benzene rings is 2. The fraction of sp³-hybridized carbons (Fsp3) is 0.0952. The molecule has 29 heavy (non-hydrogen) atoms. The molecular weight excluding hydrogens is 370 g/mol. The van der Waals surface area contributed by atoms with E-state index in [-0.39, 0.29) is 5.69 Å². The van der Waals surface area contributed by atoms with Gasteiger partial charge in [-0.05, 0) is 37.3 Å². The number of anilines is 3. The van der Waals surface area contributed by atoms with E-state index in [4.69, 9.17) is 0 Å². The molecule has 8 nitrogen and oxygen atoms in total. The van der Waals surface area contributed by atoms with Gasteiger partial charge in [-0.25, -0.2) is 14.8 Å². The monoisotopic (exact) mass is 387 g/mol. The molecule has 1 heterocycles. The second kappa shape index (κ2) is 8.63. The van der Waals surface area contributed by atoms with Crippen LogP contribution in [0.25, 0.3) is 0 Å². The predicted octanol–water partition coefficient (Wildman–Crippen LogP) is 3.44. The number of aryl methyl sites for hydroxylation is 1. The smallest absolute Gasteiger partial charge is 0.337 e. The van der Waals surface area contributed by atoms with Gasteiger partial charge in [0.05, 0.1) is 23.9 Å². The lowest BCUT2D eigenvalue weighted by Crippen LogP contribution is -2.16. The SMILES string of the molecule is COC(=O)c1cccc(NC(=O)c2cc(Nc3ccccc3C#N)nc(C)n2)c1. The third kappa shape index (κ3) is 4.73. The first-order chi connectivity index (χ1) is 14.0. The van der Waals surface area contributed by atoms with Crippen molar-refractivity contribution in [1.29, 1.82) is 5.26 Å². The minimum atomic E-state index is -0.498. The number of hydrogen-bond donors (Lipinski definition) is 2. The number of hydrogen-bond acceptors (Lipinski definition) is 7. The lowest BCUT2D eigenvalue weighted by atomic mass is 10.2. The number of carbonyl (C=O) groups is 2. The summed E-state index contributed by atoms with van der Waals surface area (Å²) in [6.45, 7) is 1.66. The number of para-hydroxylation sites is 1. The first-order valence-corrected chi connectivity index (χ1v) is 8.61. The zero-order chi connectivity index (χ0) is 20.8. The number of methoxy groups -OCH3 is 1. The fourth-order valence-electron chi connectivity index (χ4n) is 2.61. The highest BCUT2D eigenvalue weighted by molar-refractivity contribution is 6.04. The quantitative estimate of drug-likeness (QED) is 0.644. The maximum absolute atomic E-state index is 12.6. The maximum Gasteiger partial charge on any atom is 0.337 e. The number of rotatable bonds is 5. The van der Waals surface area contributed by atoms with Gasteiger partial charge in [-0.1, -0.05) is 18.2 Å². The molecule has 0 unspecified atom stereocenters. The summed E-state index contributed by atoms with van der Waals surface area (Å²) in [5.41, 5.74) is 1.91. The number of nitrogens with zero attached hydrogens (tertiary/aromatic N) is 3. The van der Waals surface area contributed by atoms with Crippen LogP contribution in [-0.4, -0.2) is 29.0 Å². The van der Waals surface area contributed by atoms with E-state index in [2.05, 4.69) is 31.4 Å². The number of esters is 1. The van der Waals surface area contributed by atoms with E-state index in [9.17, 15) is 14.9 Å². The molecule has 0 radical (unpaired) electrons. The molecule has 8 heteroatoms. The molecule has 2 N–H and O–H groups in total. The van der Waals surface area contributed by atoms with Gasteiger partial charge >= 0.3 is 5.97 Å². The van der Waals surface area contributed by atoms with E-state index >= 15 is 0 Å². The molecule has 3 aromatic rings. The van der Waals surface area contributed by atoms with Crippen LogP contribution in [0.4, 0.5) is 17.2 Å². The Hall–Kier alpha value is -4.25. The Morgan fingerprint density at radius 3 is 2.62 bits per heavy atom. The molecule has 0 saturated heterocycles. The summed E-state index contributed by atoms with van der Waals surface area (Å²) >= 11 is 0. The van der Waals surface area contributed by atoms with Crippen LogP contribution in [0.3, 0.4) is 0 Å². The van der Waals surface area contributed by atoms with Crippen LogP contribution < -0.4 is 10.6 Å². The molecule has 0 aliphatic rings. The van der Waals surface area contributed by atoms with E-state index in [0.717, 1.165) is 0 Å². The number of amides is 1. The Labute approximate surface area is 167 Å². The van der Waals surface area contributed by atoms with Gasteiger partial charge in [0.2, 0.25) is 0 Å². The zero-order valence-electron chi connectivity index (χ0n) is 15.8. The zero-order valence-corrected chi connectivity index (χ0v) is 15.8. The summed E-state index contributed by atoms with van der Waals surface area (Å²) in [7, 11) is 1.29. The molecule has 0 aliphatic heterocycles. The third-order valence-electron chi connectivity index (χ3n) is 3.92. The summed E-state index contributed by atoms with van der Waals surface area (Å²) < 4.78 is 4.68. The van der Waals surface area contributed by atoms with Crippen LogP contribution in [0, 0.1) is 18.3 Å². The Balaban J connectivity index is 1.83. The van der Waals surface area contributed by atoms with Gasteiger partial charge in [0, 0.05) is 11.8 Å². The van der Waals surface area contributed by atoms with Gasteiger partial charge in [-0.2, -0.15) is 5.26 Å². The summed E-state index contributed by atoms with van der Waals surface area (Å²) in [6.07, 6.45) is 0. The minimum absolute atomic E-state index is 0.137. The predicted molar refractivity (Wildman–Crippen MR) is 107 cm³/mol. The van der Waals surface area contributed by atoms with Crippen LogP contribution in [0.15, 0.2) is 54.6 Å². The second-order valence-corrected chi connectivity index (χ2v) is 5.99. The number of aromatic nitrogens is 2. The topological polar surface area (TPSA) is 117 Å². The highest BCUT2D eigenvalue weighted by Gasteiger charge is 2.13. The van der Waals surface area contributed by atoms with E-state index in [1.54, 1.807) is 49.4 Å². The Morgan fingerprint density at radius 2 is 1.86 bits per heavy atom. The summed E-state index contributed by atoms with van der Waals surface area (Å²) in [5.74, 6) is -0.192. The van der Waals surface area contributed by atoms with Crippen molar-refractivity contribution in [1.82, 2.24) is 9.97 Å². The van der Waals surface area contributed by atoms with Crippen molar-refractivity contribution < 1.29 is 14.3 Å². The molecule has 0 spiro atoms. The normalized spacial score (nSPS) is 9.97. The average molecular weight is 387 g/mol. The number of nitrogens with one attached hydrogen (secondary N) is 2. The van der Waals surface area contributed by atoms with E-state index in [1.807, 2.05) is 0 Å². The Morgan fingerprint density at radius 1 is 1.07 bits per heavy atom. The minimum Gasteiger partial charge on any atom is -0.465 e. The highest BCUT2D eigenvalue weighted by atomic mass is 16.5. The van der Waals surface area contributed by atoms with Gasteiger partial charge in [0.25, 0.3) is 5.91 Å². The van der Waals surface area contributed by atoms with Crippen LogP contribution in [0.5, 0.6) is 0 Å². The van der Waals surface area contributed by atoms with Gasteiger partial charge in [-0.15, -0.1) is 0 Å². The molecule has 0 atom stereocenters. The first kappa shape index (κ1) is 19.5. The molecule has 0 aliphatic carbocycles. The van der Waals surface area contributed by atoms with Gasteiger partial charge < -0.3 is 15.4 Å². The molecule has 2 aromatic carbocycles. The van der Waals surface area contributed by atoms with Gasteiger partial charge in [0.15, 0.2) is 0 Å². The Kier molecular flexibility index (Phi) is 5.80. The van der Waals surface area contributed by atoms with E-state index < -0.39 is 11.9 Å². The molecule has 0 fully saturated rings. The third-order valence-corrected chi connectivity index (χ3v) is 3.92. The van der Waals surface area contributed by atoms with E-state index in [0.29, 0.717) is 34.1 Å². The molecule has 144 valence electrons. The van der Waals surface area contributed by atoms with Gasteiger partial charge in [0.1, 0.15) is 23.4 Å².